The van der Waals surface area contributed by atoms with Crippen LogP contribution in [0.25, 0.3) is 22.5 Å². The quantitative estimate of drug-likeness (QED) is 0.783. The summed E-state index contributed by atoms with van der Waals surface area (Å²) < 4.78 is 38.4. The van der Waals surface area contributed by atoms with Crippen molar-refractivity contribution in [3.63, 3.8) is 0 Å². The van der Waals surface area contributed by atoms with E-state index < -0.39 is 17.6 Å². The molecule has 0 aliphatic rings. The van der Waals surface area contributed by atoms with E-state index in [0.29, 0.717) is 16.7 Å². The summed E-state index contributed by atoms with van der Waals surface area (Å²) >= 11 is 0. The lowest BCUT2D eigenvalue weighted by molar-refractivity contribution is -0.137. The molecule has 25 heavy (non-hydrogen) atoms. The fourth-order valence-corrected chi connectivity index (χ4v) is 2.38. The second-order valence-electron chi connectivity index (χ2n) is 5.28. The Kier molecular flexibility index (Phi) is 4.22. The van der Waals surface area contributed by atoms with Gasteiger partial charge in [0, 0.05) is 23.5 Å². The van der Waals surface area contributed by atoms with Crippen molar-refractivity contribution in [1.82, 2.24) is 9.97 Å². The van der Waals surface area contributed by atoms with Crippen molar-refractivity contribution in [3.8, 4) is 22.5 Å². The van der Waals surface area contributed by atoms with Crippen molar-refractivity contribution in [2.24, 2.45) is 5.73 Å². The molecule has 0 saturated carbocycles. The lowest BCUT2D eigenvalue weighted by atomic mass is 10.0. The van der Waals surface area contributed by atoms with E-state index in [0.717, 1.165) is 12.1 Å². The zero-order valence-electron chi connectivity index (χ0n) is 12.8. The van der Waals surface area contributed by atoms with E-state index in [1.165, 1.54) is 18.5 Å². The summed E-state index contributed by atoms with van der Waals surface area (Å²) in [4.78, 5) is 19.8. The van der Waals surface area contributed by atoms with Gasteiger partial charge in [-0.3, -0.25) is 4.79 Å². The topological polar surface area (TPSA) is 68.9 Å². The summed E-state index contributed by atoms with van der Waals surface area (Å²) in [5.41, 5.74) is 6.11. The molecule has 0 radical (unpaired) electrons. The maximum absolute atomic E-state index is 12.8. The smallest absolute Gasteiger partial charge is 0.366 e. The Labute approximate surface area is 141 Å². The Balaban J connectivity index is 1.98. The van der Waals surface area contributed by atoms with E-state index in [1.807, 2.05) is 0 Å². The number of nitrogens with zero attached hydrogens (tertiary/aromatic N) is 2. The van der Waals surface area contributed by atoms with Crippen LogP contribution in [0.3, 0.4) is 0 Å². The second-order valence-corrected chi connectivity index (χ2v) is 5.28. The predicted molar refractivity (Wildman–Crippen MR) is 86.4 cm³/mol. The standard InChI is InChI=1S/C18H12F3N3O/c19-18(20,21)13-5-3-4-11(8-13)12-9-23-17(24-10-12)15-7-2-1-6-14(15)16(22)25/h1-10H,(H2,22,25). The Bertz CT molecular complexity index is 921. The normalized spacial score (nSPS) is 11.3. The molecule has 2 N–H and O–H groups in total. The van der Waals surface area contributed by atoms with Crippen LogP contribution >= 0.6 is 0 Å². The molecule has 7 heteroatoms. The van der Waals surface area contributed by atoms with Crippen LogP contribution in [-0.4, -0.2) is 15.9 Å². The summed E-state index contributed by atoms with van der Waals surface area (Å²) in [7, 11) is 0. The number of hydrogen-bond donors (Lipinski definition) is 1. The van der Waals surface area contributed by atoms with Crippen molar-refractivity contribution in [3.05, 3.63) is 72.1 Å². The van der Waals surface area contributed by atoms with Crippen LogP contribution in [0.2, 0.25) is 0 Å². The van der Waals surface area contributed by atoms with Crippen molar-refractivity contribution in [1.29, 1.82) is 0 Å². The molecule has 0 aliphatic heterocycles. The molecule has 0 unspecified atom stereocenters. The monoisotopic (exact) mass is 343 g/mol. The summed E-state index contributed by atoms with van der Waals surface area (Å²) in [5, 5.41) is 0. The van der Waals surface area contributed by atoms with Gasteiger partial charge in [-0.25, -0.2) is 9.97 Å². The summed E-state index contributed by atoms with van der Waals surface area (Å²) in [5.74, 6) is -0.341. The Morgan fingerprint density at radius 2 is 1.60 bits per heavy atom. The van der Waals surface area contributed by atoms with Gasteiger partial charge in [0.15, 0.2) is 5.82 Å². The van der Waals surface area contributed by atoms with Gasteiger partial charge >= 0.3 is 6.18 Å². The van der Waals surface area contributed by atoms with Crippen molar-refractivity contribution < 1.29 is 18.0 Å². The fourth-order valence-electron chi connectivity index (χ4n) is 2.38. The average molecular weight is 343 g/mol. The van der Waals surface area contributed by atoms with Crippen molar-refractivity contribution in [2.45, 2.75) is 6.18 Å². The van der Waals surface area contributed by atoms with Crippen LogP contribution in [0.1, 0.15) is 15.9 Å². The molecule has 0 fully saturated rings. The number of carbonyl (C=O) groups is 1. The van der Waals surface area contributed by atoms with E-state index >= 15 is 0 Å². The molecule has 1 heterocycles. The van der Waals surface area contributed by atoms with Gasteiger partial charge in [0.2, 0.25) is 5.91 Å². The molecule has 1 amide bonds. The first-order chi connectivity index (χ1) is 11.9. The summed E-state index contributed by atoms with van der Waals surface area (Å²) in [6.07, 6.45) is -1.59. The molecule has 0 aliphatic carbocycles. The van der Waals surface area contributed by atoms with Crippen LogP contribution in [0.15, 0.2) is 60.9 Å². The maximum atomic E-state index is 12.8. The largest absolute Gasteiger partial charge is 0.416 e. The zero-order chi connectivity index (χ0) is 18.0. The number of carbonyl (C=O) groups excluding carboxylic acids is 1. The number of benzene rings is 2. The molecule has 1 aromatic heterocycles. The maximum Gasteiger partial charge on any atom is 0.416 e. The summed E-state index contributed by atoms with van der Waals surface area (Å²) in [6, 6.07) is 11.5. The van der Waals surface area contributed by atoms with Gasteiger partial charge in [0.1, 0.15) is 0 Å². The van der Waals surface area contributed by atoms with Gasteiger partial charge in [-0.2, -0.15) is 13.2 Å². The van der Waals surface area contributed by atoms with Crippen LogP contribution in [0.5, 0.6) is 0 Å². The Morgan fingerprint density at radius 1 is 0.920 bits per heavy atom. The number of rotatable bonds is 3. The third-order valence-corrected chi connectivity index (χ3v) is 3.61. The number of primary amides is 1. The van der Waals surface area contributed by atoms with Gasteiger partial charge in [-0.1, -0.05) is 30.3 Å². The number of nitrogens with two attached hydrogens (primary N) is 1. The van der Waals surface area contributed by atoms with Gasteiger partial charge in [0.25, 0.3) is 0 Å². The van der Waals surface area contributed by atoms with Crippen molar-refractivity contribution in [2.75, 3.05) is 0 Å². The first kappa shape index (κ1) is 16.6. The minimum Gasteiger partial charge on any atom is -0.366 e. The molecule has 4 nitrogen and oxygen atoms in total. The third kappa shape index (κ3) is 3.50. The second kappa shape index (κ2) is 6.35. The number of halogens is 3. The summed E-state index contributed by atoms with van der Waals surface area (Å²) in [6.45, 7) is 0. The van der Waals surface area contributed by atoms with Crippen molar-refractivity contribution >= 4 is 5.91 Å². The van der Waals surface area contributed by atoms with Crippen LogP contribution in [0.4, 0.5) is 13.2 Å². The first-order valence-corrected chi connectivity index (χ1v) is 7.25. The minimum atomic E-state index is -4.42. The van der Waals surface area contributed by atoms with Crippen LogP contribution in [-0.2, 0) is 6.18 Å². The number of alkyl halides is 3. The fraction of sp³-hybridized carbons (Fsp3) is 0.0556. The Morgan fingerprint density at radius 3 is 2.24 bits per heavy atom. The highest BCUT2D eigenvalue weighted by Gasteiger charge is 2.30. The van der Waals surface area contributed by atoms with Crippen LogP contribution in [0, 0.1) is 0 Å². The van der Waals surface area contributed by atoms with Gasteiger partial charge in [-0.15, -0.1) is 0 Å². The molecular weight excluding hydrogens is 331 g/mol. The molecule has 0 bridgehead atoms. The van der Waals surface area contributed by atoms with E-state index in [1.54, 1.807) is 30.3 Å². The van der Waals surface area contributed by atoms with Gasteiger partial charge in [0.05, 0.1) is 11.1 Å². The molecule has 2 aromatic carbocycles. The lowest BCUT2D eigenvalue weighted by Gasteiger charge is -2.09. The van der Waals surface area contributed by atoms with Gasteiger partial charge < -0.3 is 5.73 Å². The van der Waals surface area contributed by atoms with Gasteiger partial charge in [-0.05, 0) is 23.8 Å². The highest BCUT2D eigenvalue weighted by atomic mass is 19.4. The highest BCUT2D eigenvalue weighted by Crippen LogP contribution is 2.32. The van der Waals surface area contributed by atoms with E-state index in [-0.39, 0.29) is 11.4 Å². The SMILES string of the molecule is NC(=O)c1ccccc1-c1ncc(-c2cccc(C(F)(F)F)c2)cn1. The van der Waals surface area contributed by atoms with E-state index in [9.17, 15) is 18.0 Å². The number of hydrogen-bond acceptors (Lipinski definition) is 3. The molecule has 0 saturated heterocycles. The molecule has 3 aromatic rings. The minimum absolute atomic E-state index is 0.269. The number of amides is 1. The zero-order valence-corrected chi connectivity index (χ0v) is 12.8. The molecule has 3 rings (SSSR count). The van der Waals surface area contributed by atoms with Crippen LogP contribution < -0.4 is 5.73 Å². The predicted octanol–water partition coefficient (Wildman–Crippen LogP) is 3.93. The Hall–Kier alpha value is -3.22. The highest BCUT2D eigenvalue weighted by molar-refractivity contribution is 5.99. The first-order valence-electron chi connectivity index (χ1n) is 7.25. The molecule has 0 spiro atoms. The lowest BCUT2D eigenvalue weighted by Crippen LogP contribution is -2.12. The third-order valence-electron chi connectivity index (χ3n) is 3.61. The molecule has 126 valence electrons. The van der Waals surface area contributed by atoms with E-state index in [4.69, 9.17) is 5.73 Å². The number of aromatic nitrogens is 2. The molecule has 0 atom stereocenters. The molecular formula is C18H12F3N3O. The average Bonchev–Trinajstić information content (AvgIpc) is 2.61. The van der Waals surface area contributed by atoms with E-state index in [2.05, 4.69) is 9.97 Å².